The predicted octanol–water partition coefficient (Wildman–Crippen LogP) is 2.88. The van der Waals surface area contributed by atoms with Crippen molar-refractivity contribution in [1.29, 1.82) is 0 Å². The molecule has 1 unspecified atom stereocenters. The first-order valence-corrected chi connectivity index (χ1v) is 6.81. The van der Waals surface area contributed by atoms with Crippen molar-refractivity contribution in [2.75, 3.05) is 5.32 Å². The van der Waals surface area contributed by atoms with Crippen LogP contribution in [0.15, 0.2) is 49.1 Å². The minimum Gasteiger partial charge on any atom is -0.377 e. The number of rotatable bonds is 4. The summed E-state index contributed by atoms with van der Waals surface area (Å²) in [5.74, 6) is 0. The normalized spacial score (nSPS) is 12.1. The van der Waals surface area contributed by atoms with E-state index in [0.717, 1.165) is 16.9 Å². The topological polar surface area (TPSA) is 68.5 Å². The lowest BCUT2D eigenvalue weighted by Gasteiger charge is -2.17. The number of hydrogen-bond donors (Lipinski definition) is 1. The Labute approximate surface area is 126 Å². The first-order chi connectivity index (χ1) is 10.2. The summed E-state index contributed by atoms with van der Waals surface area (Å²) in [5, 5.41) is 15.1. The van der Waals surface area contributed by atoms with Crippen LogP contribution in [0.5, 0.6) is 0 Å². The number of anilines is 1. The van der Waals surface area contributed by atoms with E-state index in [2.05, 4.69) is 32.7 Å². The molecule has 2 heterocycles. The number of aromatic nitrogens is 5. The predicted molar refractivity (Wildman–Crippen MR) is 80.4 cm³/mol. The number of benzene rings is 1. The molecular formula is C14H13ClN6. The molecule has 0 fully saturated rings. The van der Waals surface area contributed by atoms with Crippen LogP contribution in [0.25, 0.3) is 5.69 Å². The molecule has 0 saturated carbocycles. The maximum absolute atomic E-state index is 6.25. The highest BCUT2D eigenvalue weighted by Gasteiger charge is 2.09. The Hall–Kier alpha value is -2.47. The van der Waals surface area contributed by atoms with Gasteiger partial charge in [-0.25, -0.2) is 4.68 Å². The molecule has 0 aliphatic carbocycles. The number of nitrogens with zero attached hydrogens (tertiary/aromatic N) is 5. The van der Waals surface area contributed by atoms with Crippen LogP contribution in [-0.2, 0) is 0 Å². The molecule has 2 aromatic heterocycles. The summed E-state index contributed by atoms with van der Waals surface area (Å²) < 4.78 is 1.58. The summed E-state index contributed by atoms with van der Waals surface area (Å²) in [7, 11) is 0. The molecule has 1 aromatic carbocycles. The highest BCUT2D eigenvalue weighted by Crippen LogP contribution is 2.28. The van der Waals surface area contributed by atoms with Crippen LogP contribution in [0.4, 0.5) is 5.69 Å². The molecule has 0 spiro atoms. The minimum absolute atomic E-state index is 0.0836. The van der Waals surface area contributed by atoms with Gasteiger partial charge in [-0.1, -0.05) is 17.7 Å². The molecule has 7 heteroatoms. The number of hydrogen-bond acceptors (Lipinski definition) is 5. The van der Waals surface area contributed by atoms with Crippen molar-refractivity contribution in [3.63, 3.8) is 0 Å². The lowest BCUT2D eigenvalue weighted by molar-refractivity contribution is 0.788. The van der Waals surface area contributed by atoms with Gasteiger partial charge in [0, 0.05) is 12.4 Å². The molecule has 0 aliphatic rings. The largest absolute Gasteiger partial charge is 0.377 e. The van der Waals surface area contributed by atoms with Gasteiger partial charge in [0.25, 0.3) is 0 Å². The third-order valence-corrected chi connectivity index (χ3v) is 3.45. The zero-order valence-electron chi connectivity index (χ0n) is 11.3. The molecule has 1 N–H and O–H groups in total. The van der Waals surface area contributed by atoms with E-state index in [1.165, 1.54) is 6.33 Å². The number of halogens is 1. The van der Waals surface area contributed by atoms with Gasteiger partial charge >= 0.3 is 0 Å². The summed E-state index contributed by atoms with van der Waals surface area (Å²) in [5.41, 5.74) is 2.74. The lowest BCUT2D eigenvalue weighted by Crippen LogP contribution is -2.08. The second kappa shape index (κ2) is 5.88. The van der Waals surface area contributed by atoms with Crippen molar-refractivity contribution < 1.29 is 0 Å². The Morgan fingerprint density at radius 1 is 1.29 bits per heavy atom. The lowest BCUT2D eigenvalue weighted by atomic mass is 10.1. The van der Waals surface area contributed by atoms with E-state index in [-0.39, 0.29) is 6.04 Å². The first-order valence-electron chi connectivity index (χ1n) is 6.43. The maximum Gasteiger partial charge on any atom is 0.143 e. The van der Waals surface area contributed by atoms with Crippen LogP contribution in [0.2, 0.25) is 5.02 Å². The van der Waals surface area contributed by atoms with Crippen LogP contribution in [0, 0.1) is 0 Å². The molecule has 0 bridgehead atoms. The summed E-state index contributed by atoms with van der Waals surface area (Å²) in [6.07, 6.45) is 5.12. The average molecular weight is 301 g/mol. The quantitative estimate of drug-likeness (QED) is 0.802. The van der Waals surface area contributed by atoms with E-state index < -0.39 is 0 Å². The molecule has 0 amide bonds. The van der Waals surface area contributed by atoms with Gasteiger partial charge in [-0.15, -0.1) is 5.10 Å². The van der Waals surface area contributed by atoms with Crippen LogP contribution < -0.4 is 5.32 Å². The summed E-state index contributed by atoms with van der Waals surface area (Å²) >= 11 is 6.25. The Morgan fingerprint density at radius 3 is 2.90 bits per heavy atom. The van der Waals surface area contributed by atoms with Gasteiger partial charge in [0.05, 0.1) is 22.4 Å². The fourth-order valence-electron chi connectivity index (χ4n) is 1.99. The van der Waals surface area contributed by atoms with E-state index in [1.807, 2.05) is 36.5 Å². The molecule has 106 valence electrons. The van der Waals surface area contributed by atoms with Gasteiger partial charge in [0.15, 0.2) is 0 Å². The fourth-order valence-corrected chi connectivity index (χ4v) is 2.17. The Morgan fingerprint density at radius 2 is 2.19 bits per heavy atom. The van der Waals surface area contributed by atoms with Crippen LogP contribution >= 0.6 is 11.6 Å². The van der Waals surface area contributed by atoms with Crippen molar-refractivity contribution in [3.05, 3.63) is 59.6 Å². The molecule has 0 saturated heterocycles. The van der Waals surface area contributed by atoms with E-state index in [1.54, 1.807) is 10.9 Å². The zero-order valence-corrected chi connectivity index (χ0v) is 12.1. The van der Waals surface area contributed by atoms with Crippen molar-refractivity contribution >= 4 is 17.3 Å². The van der Waals surface area contributed by atoms with E-state index in [4.69, 9.17) is 11.6 Å². The van der Waals surface area contributed by atoms with E-state index in [0.29, 0.717) is 5.02 Å². The molecule has 3 aromatic rings. The SMILES string of the molecule is CC(Nc1cc(-n2cnnn2)ccc1Cl)c1cccnc1. The van der Waals surface area contributed by atoms with Gasteiger partial charge in [-0.05, 0) is 47.2 Å². The second-order valence-electron chi connectivity index (χ2n) is 4.57. The van der Waals surface area contributed by atoms with Crippen molar-refractivity contribution in [3.8, 4) is 5.69 Å². The van der Waals surface area contributed by atoms with Crippen molar-refractivity contribution in [2.24, 2.45) is 0 Å². The van der Waals surface area contributed by atoms with Gasteiger partial charge in [-0.2, -0.15) is 0 Å². The minimum atomic E-state index is 0.0836. The molecule has 0 aliphatic heterocycles. The van der Waals surface area contributed by atoms with Crippen molar-refractivity contribution in [1.82, 2.24) is 25.2 Å². The third-order valence-electron chi connectivity index (χ3n) is 3.12. The third kappa shape index (κ3) is 3.00. The Balaban J connectivity index is 1.86. The molecule has 6 nitrogen and oxygen atoms in total. The van der Waals surface area contributed by atoms with Gasteiger partial charge in [-0.3, -0.25) is 4.98 Å². The fraction of sp³-hybridized carbons (Fsp3) is 0.143. The first kappa shape index (κ1) is 13.5. The molecule has 21 heavy (non-hydrogen) atoms. The van der Waals surface area contributed by atoms with Crippen molar-refractivity contribution in [2.45, 2.75) is 13.0 Å². The molecule has 1 atom stereocenters. The van der Waals surface area contributed by atoms with Gasteiger partial charge in [0.2, 0.25) is 0 Å². The van der Waals surface area contributed by atoms with Gasteiger partial charge < -0.3 is 5.32 Å². The smallest absolute Gasteiger partial charge is 0.143 e. The molecule has 0 radical (unpaired) electrons. The maximum atomic E-state index is 6.25. The standard InChI is InChI=1S/C14H13ClN6/c1-10(11-3-2-6-16-8-11)18-14-7-12(4-5-13(14)15)21-9-17-19-20-21/h2-10,18H,1H3. The monoisotopic (exact) mass is 300 g/mol. The number of tetrazole rings is 1. The average Bonchev–Trinajstić information content (AvgIpc) is 3.04. The highest BCUT2D eigenvalue weighted by atomic mass is 35.5. The second-order valence-corrected chi connectivity index (χ2v) is 4.98. The molecular weight excluding hydrogens is 288 g/mol. The van der Waals surface area contributed by atoms with Crippen LogP contribution in [-0.4, -0.2) is 25.2 Å². The highest BCUT2D eigenvalue weighted by molar-refractivity contribution is 6.33. The zero-order chi connectivity index (χ0) is 14.7. The summed E-state index contributed by atoms with van der Waals surface area (Å²) in [4.78, 5) is 4.12. The van der Waals surface area contributed by atoms with E-state index >= 15 is 0 Å². The van der Waals surface area contributed by atoms with Crippen LogP contribution in [0.1, 0.15) is 18.5 Å². The Bertz CT molecular complexity index is 714. The Kier molecular flexibility index (Phi) is 3.79. The number of pyridine rings is 1. The number of nitrogens with one attached hydrogen (secondary N) is 1. The van der Waals surface area contributed by atoms with E-state index in [9.17, 15) is 0 Å². The van der Waals surface area contributed by atoms with Crippen LogP contribution in [0.3, 0.4) is 0 Å². The summed E-state index contributed by atoms with van der Waals surface area (Å²) in [6, 6.07) is 9.59. The molecule has 3 rings (SSSR count). The van der Waals surface area contributed by atoms with Gasteiger partial charge in [0.1, 0.15) is 6.33 Å². The summed E-state index contributed by atoms with van der Waals surface area (Å²) in [6.45, 7) is 2.05.